The highest BCUT2D eigenvalue weighted by Crippen LogP contribution is 2.38. The van der Waals surface area contributed by atoms with Crippen molar-refractivity contribution in [2.45, 2.75) is 19.5 Å². The van der Waals surface area contributed by atoms with E-state index in [1.807, 2.05) is 6.92 Å². The van der Waals surface area contributed by atoms with Crippen LogP contribution in [0.5, 0.6) is 0 Å². The maximum absolute atomic E-state index is 12.5. The Hall–Kier alpha value is -2.05. The van der Waals surface area contributed by atoms with E-state index in [-0.39, 0.29) is 17.5 Å². The molecule has 1 aliphatic carbocycles. The summed E-state index contributed by atoms with van der Waals surface area (Å²) in [6.45, 7) is 1.40. The number of amides is 1. The van der Waals surface area contributed by atoms with Gasteiger partial charge in [-0.2, -0.15) is 13.2 Å². The molecule has 1 amide bonds. The van der Waals surface area contributed by atoms with Crippen LogP contribution < -0.4 is 5.32 Å². The molecule has 0 spiro atoms. The fraction of sp³-hybridized carbons (Fsp3) is 0.429. The SMILES string of the molecule is C[C@@H]1C[C@@H]1C(=O)OCC(=O)Nc1cccc(C(F)(F)F)c1. The average molecular weight is 301 g/mol. The number of anilines is 1. The molecular weight excluding hydrogens is 287 g/mol. The molecule has 1 saturated carbocycles. The first-order valence-electron chi connectivity index (χ1n) is 6.41. The van der Waals surface area contributed by atoms with Crippen LogP contribution >= 0.6 is 0 Å². The largest absolute Gasteiger partial charge is 0.455 e. The predicted octanol–water partition coefficient (Wildman–Crippen LogP) is 2.84. The summed E-state index contributed by atoms with van der Waals surface area (Å²) < 4.78 is 42.3. The van der Waals surface area contributed by atoms with Gasteiger partial charge in [0.05, 0.1) is 11.5 Å². The second kappa shape index (κ2) is 5.75. The molecule has 0 radical (unpaired) electrons. The fourth-order valence-electron chi connectivity index (χ4n) is 1.86. The molecule has 2 rings (SSSR count). The molecule has 0 heterocycles. The third-order valence-corrected chi connectivity index (χ3v) is 3.23. The van der Waals surface area contributed by atoms with E-state index in [2.05, 4.69) is 5.32 Å². The molecule has 114 valence electrons. The van der Waals surface area contributed by atoms with Crippen molar-refractivity contribution in [3.63, 3.8) is 0 Å². The lowest BCUT2D eigenvalue weighted by Gasteiger charge is -2.10. The number of carbonyl (C=O) groups excluding carboxylic acids is 2. The van der Waals surface area contributed by atoms with Crippen molar-refractivity contribution in [2.24, 2.45) is 11.8 Å². The smallest absolute Gasteiger partial charge is 0.416 e. The average Bonchev–Trinajstić information content (AvgIpc) is 3.12. The lowest BCUT2D eigenvalue weighted by atomic mass is 10.2. The van der Waals surface area contributed by atoms with Crippen LogP contribution in [0.1, 0.15) is 18.9 Å². The first-order chi connectivity index (χ1) is 9.77. The van der Waals surface area contributed by atoms with Gasteiger partial charge in [0.1, 0.15) is 0 Å². The van der Waals surface area contributed by atoms with Crippen molar-refractivity contribution in [1.82, 2.24) is 0 Å². The van der Waals surface area contributed by atoms with Crippen molar-refractivity contribution in [3.05, 3.63) is 29.8 Å². The molecule has 1 fully saturated rings. The molecule has 1 aromatic rings. The Morgan fingerprint density at radius 3 is 2.62 bits per heavy atom. The molecule has 0 aromatic heterocycles. The summed E-state index contributed by atoms with van der Waals surface area (Å²) in [5, 5.41) is 2.26. The number of nitrogens with one attached hydrogen (secondary N) is 1. The van der Waals surface area contributed by atoms with Gasteiger partial charge in [-0.25, -0.2) is 0 Å². The van der Waals surface area contributed by atoms with Gasteiger partial charge in [-0.1, -0.05) is 13.0 Å². The van der Waals surface area contributed by atoms with Gasteiger partial charge < -0.3 is 10.1 Å². The number of benzene rings is 1. The fourth-order valence-corrected chi connectivity index (χ4v) is 1.86. The summed E-state index contributed by atoms with van der Waals surface area (Å²) >= 11 is 0. The minimum absolute atomic E-state index is 0.00524. The topological polar surface area (TPSA) is 55.4 Å². The Bertz CT molecular complexity index is 557. The maximum Gasteiger partial charge on any atom is 0.416 e. The molecule has 7 heteroatoms. The molecular formula is C14H14F3NO3. The highest BCUT2D eigenvalue weighted by atomic mass is 19.4. The zero-order valence-electron chi connectivity index (χ0n) is 11.2. The van der Waals surface area contributed by atoms with Gasteiger partial charge in [-0.15, -0.1) is 0 Å². The Morgan fingerprint density at radius 2 is 2.05 bits per heavy atom. The molecule has 0 aliphatic heterocycles. The highest BCUT2D eigenvalue weighted by molar-refractivity contribution is 5.93. The van der Waals surface area contributed by atoms with Crippen molar-refractivity contribution < 1.29 is 27.5 Å². The summed E-state index contributed by atoms with van der Waals surface area (Å²) in [7, 11) is 0. The van der Waals surface area contributed by atoms with E-state index in [4.69, 9.17) is 4.74 Å². The normalized spacial score (nSPS) is 20.8. The highest BCUT2D eigenvalue weighted by Gasteiger charge is 2.40. The Balaban J connectivity index is 1.86. The van der Waals surface area contributed by atoms with Gasteiger partial charge in [0.25, 0.3) is 5.91 Å². The summed E-state index contributed by atoms with van der Waals surface area (Å²) in [6, 6.07) is 4.25. The minimum atomic E-state index is -4.48. The summed E-state index contributed by atoms with van der Waals surface area (Å²) in [5.74, 6) is -1.01. The summed E-state index contributed by atoms with van der Waals surface area (Å²) in [4.78, 5) is 22.9. The number of halogens is 3. The van der Waals surface area contributed by atoms with E-state index in [0.717, 1.165) is 18.6 Å². The van der Waals surface area contributed by atoms with Crippen molar-refractivity contribution in [1.29, 1.82) is 0 Å². The van der Waals surface area contributed by atoms with Crippen LogP contribution in [0, 0.1) is 11.8 Å². The van der Waals surface area contributed by atoms with E-state index in [9.17, 15) is 22.8 Å². The summed E-state index contributed by atoms with van der Waals surface area (Å²) in [6.07, 6.45) is -3.73. The van der Waals surface area contributed by atoms with Crippen molar-refractivity contribution >= 4 is 17.6 Å². The van der Waals surface area contributed by atoms with E-state index >= 15 is 0 Å². The Labute approximate surface area is 119 Å². The van der Waals surface area contributed by atoms with Gasteiger partial charge in [0.15, 0.2) is 6.61 Å². The second-order valence-electron chi connectivity index (χ2n) is 5.05. The first kappa shape index (κ1) is 15.3. The number of hydrogen-bond donors (Lipinski definition) is 1. The number of hydrogen-bond acceptors (Lipinski definition) is 3. The first-order valence-corrected chi connectivity index (χ1v) is 6.41. The summed E-state index contributed by atoms with van der Waals surface area (Å²) in [5.41, 5.74) is -0.852. The van der Waals surface area contributed by atoms with Crippen LogP contribution in [0.2, 0.25) is 0 Å². The monoisotopic (exact) mass is 301 g/mol. The molecule has 4 nitrogen and oxygen atoms in total. The standard InChI is InChI=1S/C14H14F3NO3/c1-8-5-11(8)13(20)21-7-12(19)18-10-4-2-3-9(6-10)14(15,16)17/h2-4,6,8,11H,5,7H2,1H3,(H,18,19)/t8-,11+/m1/s1. The van der Waals surface area contributed by atoms with Gasteiger partial charge in [0, 0.05) is 5.69 Å². The van der Waals surface area contributed by atoms with E-state index in [1.165, 1.54) is 12.1 Å². The quantitative estimate of drug-likeness (QED) is 0.870. The molecule has 1 aromatic carbocycles. The molecule has 2 atom stereocenters. The molecule has 0 unspecified atom stereocenters. The van der Waals surface area contributed by atoms with E-state index < -0.39 is 30.2 Å². The van der Waals surface area contributed by atoms with Crippen LogP contribution in [-0.2, 0) is 20.5 Å². The lowest BCUT2D eigenvalue weighted by Crippen LogP contribution is -2.22. The predicted molar refractivity (Wildman–Crippen MR) is 68.3 cm³/mol. The second-order valence-corrected chi connectivity index (χ2v) is 5.05. The van der Waals surface area contributed by atoms with Crippen LogP contribution in [-0.4, -0.2) is 18.5 Å². The van der Waals surface area contributed by atoms with Gasteiger partial charge in [0.2, 0.25) is 0 Å². The zero-order chi connectivity index (χ0) is 15.6. The number of esters is 1. The Morgan fingerprint density at radius 1 is 1.38 bits per heavy atom. The van der Waals surface area contributed by atoms with E-state index in [1.54, 1.807) is 0 Å². The van der Waals surface area contributed by atoms with Gasteiger partial charge in [-0.3, -0.25) is 9.59 Å². The maximum atomic E-state index is 12.5. The van der Waals surface area contributed by atoms with Gasteiger partial charge >= 0.3 is 12.1 Å². The molecule has 1 aliphatic rings. The van der Waals surface area contributed by atoms with Crippen LogP contribution in [0.25, 0.3) is 0 Å². The van der Waals surface area contributed by atoms with Crippen molar-refractivity contribution in [3.8, 4) is 0 Å². The molecule has 0 saturated heterocycles. The minimum Gasteiger partial charge on any atom is -0.455 e. The lowest BCUT2D eigenvalue weighted by molar-refractivity contribution is -0.148. The molecule has 21 heavy (non-hydrogen) atoms. The molecule has 1 N–H and O–H groups in total. The van der Waals surface area contributed by atoms with Crippen molar-refractivity contribution in [2.75, 3.05) is 11.9 Å². The third kappa shape index (κ3) is 4.21. The van der Waals surface area contributed by atoms with Crippen LogP contribution in [0.3, 0.4) is 0 Å². The van der Waals surface area contributed by atoms with E-state index in [0.29, 0.717) is 0 Å². The Kier molecular flexibility index (Phi) is 4.20. The zero-order valence-corrected chi connectivity index (χ0v) is 11.2. The van der Waals surface area contributed by atoms with Gasteiger partial charge in [-0.05, 0) is 30.5 Å². The number of rotatable bonds is 4. The van der Waals surface area contributed by atoms with Crippen LogP contribution in [0.4, 0.5) is 18.9 Å². The third-order valence-electron chi connectivity index (χ3n) is 3.23. The number of carbonyl (C=O) groups is 2. The molecule has 0 bridgehead atoms. The van der Waals surface area contributed by atoms with Crippen LogP contribution in [0.15, 0.2) is 24.3 Å². The number of ether oxygens (including phenoxy) is 1. The number of alkyl halides is 3.